The van der Waals surface area contributed by atoms with E-state index in [0.29, 0.717) is 5.05 Å². The van der Waals surface area contributed by atoms with Crippen molar-refractivity contribution in [3.05, 3.63) is 71.8 Å². The number of hydrogen-bond donors (Lipinski definition) is 0. The summed E-state index contributed by atoms with van der Waals surface area (Å²) in [6.45, 7) is 5.43. The van der Waals surface area contributed by atoms with E-state index < -0.39 is 0 Å². The molecule has 1 heterocycles. The summed E-state index contributed by atoms with van der Waals surface area (Å²) in [7, 11) is 0. The smallest absolute Gasteiger partial charge is 0.172 e. The second-order valence-electron chi connectivity index (χ2n) is 6.35. The van der Waals surface area contributed by atoms with E-state index in [0.717, 1.165) is 19.5 Å². The molecule has 0 amide bonds. The quantitative estimate of drug-likeness (QED) is 0.736. The van der Waals surface area contributed by atoms with Gasteiger partial charge in [0.1, 0.15) is 6.10 Å². The SMILES string of the molecule is CCN1CCCC(OC(=S)C(c2ccccc2)c2ccccc2)C1. The van der Waals surface area contributed by atoms with Gasteiger partial charge in [0.25, 0.3) is 0 Å². The fraction of sp³-hybridized carbons (Fsp3) is 0.381. The Hall–Kier alpha value is -1.71. The van der Waals surface area contributed by atoms with Crippen LogP contribution in [0.4, 0.5) is 0 Å². The van der Waals surface area contributed by atoms with Gasteiger partial charge in [-0.2, -0.15) is 0 Å². The molecule has 2 aromatic carbocycles. The third-order valence-electron chi connectivity index (χ3n) is 4.69. The number of likely N-dealkylation sites (tertiary alicyclic amines) is 1. The van der Waals surface area contributed by atoms with Gasteiger partial charge in [0, 0.05) is 6.54 Å². The number of hydrogen-bond acceptors (Lipinski definition) is 3. The van der Waals surface area contributed by atoms with E-state index in [-0.39, 0.29) is 12.0 Å². The highest BCUT2D eigenvalue weighted by molar-refractivity contribution is 7.80. The molecule has 0 radical (unpaired) electrons. The van der Waals surface area contributed by atoms with E-state index in [1.807, 2.05) is 12.1 Å². The molecule has 1 saturated heterocycles. The molecule has 126 valence electrons. The van der Waals surface area contributed by atoms with Crippen LogP contribution in [-0.2, 0) is 4.74 Å². The maximum absolute atomic E-state index is 6.28. The van der Waals surface area contributed by atoms with Crippen molar-refractivity contribution >= 4 is 17.3 Å². The summed E-state index contributed by atoms with van der Waals surface area (Å²) in [5, 5.41) is 0.690. The van der Waals surface area contributed by atoms with Crippen LogP contribution in [0.15, 0.2) is 60.7 Å². The zero-order valence-electron chi connectivity index (χ0n) is 14.2. The van der Waals surface area contributed by atoms with Crippen LogP contribution in [0.25, 0.3) is 0 Å². The fourth-order valence-electron chi connectivity index (χ4n) is 3.38. The third kappa shape index (κ3) is 4.22. The summed E-state index contributed by atoms with van der Waals surface area (Å²) in [5.41, 5.74) is 2.38. The lowest BCUT2D eigenvalue weighted by molar-refractivity contribution is 0.0834. The molecule has 0 N–H and O–H groups in total. The molecule has 3 rings (SSSR count). The number of rotatable bonds is 5. The minimum atomic E-state index is 0.0133. The normalized spacial score (nSPS) is 18.5. The Labute approximate surface area is 150 Å². The van der Waals surface area contributed by atoms with Crippen molar-refractivity contribution in [2.75, 3.05) is 19.6 Å². The largest absolute Gasteiger partial charge is 0.482 e. The molecule has 1 fully saturated rings. The third-order valence-corrected chi connectivity index (χ3v) is 5.03. The molecule has 0 aromatic heterocycles. The number of piperidine rings is 1. The van der Waals surface area contributed by atoms with Gasteiger partial charge in [-0.05, 0) is 49.3 Å². The van der Waals surface area contributed by atoms with Crippen LogP contribution in [0.2, 0.25) is 0 Å². The van der Waals surface area contributed by atoms with Crippen LogP contribution >= 0.6 is 12.2 Å². The summed E-state index contributed by atoms with van der Waals surface area (Å²) in [4.78, 5) is 2.44. The summed E-state index contributed by atoms with van der Waals surface area (Å²) in [5.74, 6) is 0.0133. The van der Waals surface area contributed by atoms with Crippen molar-refractivity contribution in [1.82, 2.24) is 4.90 Å². The van der Waals surface area contributed by atoms with E-state index in [2.05, 4.69) is 60.4 Å². The van der Waals surface area contributed by atoms with Crippen LogP contribution in [0.3, 0.4) is 0 Å². The lowest BCUT2D eigenvalue weighted by Crippen LogP contribution is -2.40. The van der Waals surface area contributed by atoms with Gasteiger partial charge in [-0.1, -0.05) is 67.6 Å². The Balaban J connectivity index is 1.79. The number of likely N-dealkylation sites (N-methyl/N-ethyl adjacent to an activating group) is 1. The van der Waals surface area contributed by atoms with Crippen LogP contribution < -0.4 is 0 Å². The topological polar surface area (TPSA) is 12.5 Å². The van der Waals surface area contributed by atoms with Gasteiger partial charge in [-0.15, -0.1) is 0 Å². The Morgan fingerprint density at radius 3 is 2.21 bits per heavy atom. The molecule has 24 heavy (non-hydrogen) atoms. The van der Waals surface area contributed by atoms with Crippen molar-refractivity contribution in [2.45, 2.75) is 31.8 Å². The highest BCUT2D eigenvalue weighted by Gasteiger charge is 2.26. The predicted octanol–water partition coefficient (Wildman–Crippen LogP) is 4.65. The molecule has 0 bridgehead atoms. The van der Waals surface area contributed by atoms with E-state index in [1.165, 1.54) is 24.1 Å². The molecule has 0 saturated carbocycles. The van der Waals surface area contributed by atoms with Gasteiger partial charge in [0.2, 0.25) is 0 Å². The Bertz CT molecular complexity index is 604. The molecule has 0 aliphatic carbocycles. The van der Waals surface area contributed by atoms with Crippen LogP contribution in [0.1, 0.15) is 36.8 Å². The van der Waals surface area contributed by atoms with E-state index in [4.69, 9.17) is 17.0 Å². The first-order chi connectivity index (χ1) is 11.8. The molecule has 2 nitrogen and oxygen atoms in total. The summed E-state index contributed by atoms with van der Waals surface area (Å²) >= 11 is 5.75. The first-order valence-corrected chi connectivity index (χ1v) is 9.21. The summed E-state index contributed by atoms with van der Waals surface area (Å²) in [6, 6.07) is 20.9. The maximum atomic E-state index is 6.28. The van der Waals surface area contributed by atoms with Gasteiger partial charge in [0.15, 0.2) is 5.05 Å². The summed E-state index contributed by atoms with van der Waals surface area (Å²) < 4.78 is 6.28. The second-order valence-corrected chi connectivity index (χ2v) is 6.75. The standard InChI is InChI=1S/C21H25NOS/c1-2-22-15-9-14-19(16-22)23-21(24)20(17-10-5-3-6-11-17)18-12-7-4-8-13-18/h3-8,10-13,19-20H,2,9,14-16H2,1H3. The molecule has 0 spiro atoms. The fourth-order valence-corrected chi connectivity index (χ4v) is 3.79. The second kappa shape index (κ2) is 8.41. The molecule has 1 aliphatic rings. The molecule has 3 heteroatoms. The van der Waals surface area contributed by atoms with Gasteiger partial charge in [-0.25, -0.2) is 0 Å². The number of benzene rings is 2. The van der Waals surface area contributed by atoms with E-state index in [9.17, 15) is 0 Å². The van der Waals surface area contributed by atoms with Crippen molar-refractivity contribution in [2.24, 2.45) is 0 Å². The molecule has 2 aromatic rings. The highest BCUT2D eigenvalue weighted by Crippen LogP contribution is 2.28. The average Bonchev–Trinajstić information content (AvgIpc) is 2.64. The van der Waals surface area contributed by atoms with Crippen LogP contribution in [0.5, 0.6) is 0 Å². The van der Waals surface area contributed by atoms with Crippen LogP contribution in [-0.4, -0.2) is 35.7 Å². The van der Waals surface area contributed by atoms with E-state index >= 15 is 0 Å². The van der Waals surface area contributed by atoms with Gasteiger partial charge in [0.05, 0.1) is 5.92 Å². The highest BCUT2D eigenvalue weighted by atomic mass is 32.1. The van der Waals surface area contributed by atoms with Crippen molar-refractivity contribution in [3.63, 3.8) is 0 Å². The zero-order chi connectivity index (χ0) is 16.8. The predicted molar refractivity (Wildman–Crippen MR) is 104 cm³/mol. The molecule has 1 aliphatic heterocycles. The van der Waals surface area contributed by atoms with Gasteiger partial charge < -0.3 is 4.74 Å². The molecular weight excluding hydrogens is 314 g/mol. The summed E-state index contributed by atoms with van der Waals surface area (Å²) in [6.07, 6.45) is 2.48. The lowest BCUT2D eigenvalue weighted by Gasteiger charge is -2.33. The first kappa shape index (κ1) is 17.1. The number of thiocarbonyl (C=S) groups is 1. The van der Waals surface area contributed by atoms with E-state index in [1.54, 1.807) is 0 Å². The minimum Gasteiger partial charge on any atom is -0.482 e. The monoisotopic (exact) mass is 339 g/mol. The molecular formula is C21H25NOS. The van der Waals surface area contributed by atoms with Crippen molar-refractivity contribution < 1.29 is 4.74 Å². The van der Waals surface area contributed by atoms with Gasteiger partial charge in [-0.3, -0.25) is 4.90 Å². The Morgan fingerprint density at radius 2 is 1.67 bits per heavy atom. The lowest BCUT2D eigenvalue weighted by atomic mass is 9.92. The van der Waals surface area contributed by atoms with Crippen LogP contribution in [0, 0.1) is 0 Å². The average molecular weight is 340 g/mol. The van der Waals surface area contributed by atoms with Gasteiger partial charge >= 0.3 is 0 Å². The maximum Gasteiger partial charge on any atom is 0.172 e. The molecule has 1 unspecified atom stereocenters. The number of ether oxygens (including phenoxy) is 1. The molecule has 1 atom stereocenters. The Kier molecular flexibility index (Phi) is 6.00. The van der Waals surface area contributed by atoms with Crippen molar-refractivity contribution in [1.29, 1.82) is 0 Å². The first-order valence-electron chi connectivity index (χ1n) is 8.80. The zero-order valence-corrected chi connectivity index (χ0v) is 15.0. The van der Waals surface area contributed by atoms with Crippen molar-refractivity contribution in [3.8, 4) is 0 Å². The minimum absolute atomic E-state index is 0.0133. The number of nitrogens with zero attached hydrogens (tertiary/aromatic N) is 1. The Morgan fingerprint density at radius 1 is 1.08 bits per heavy atom.